The van der Waals surface area contributed by atoms with Crippen LogP contribution in [0.5, 0.6) is 5.75 Å². The lowest BCUT2D eigenvalue weighted by Gasteiger charge is -2.07. The first-order valence-electron chi connectivity index (χ1n) is 8.30. The summed E-state index contributed by atoms with van der Waals surface area (Å²) in [5.74, 6) is 0.537. The fraction of sp³-hybridized carbons (Fsp3) is 0.200. The minimum Gasteiger partial charge on any atom is -0.497 e. The molecule has 1 amide bonds. The second-order valence-corrected chi connectivity index (χ2v) is 5.64. The summed E-state index contributed by atoms with van der Waals surface area (Å²) in [6.45, 7) is 0.887. The molecular weight excluding hydrogens is 330 g/mol. The van der Waals surface area contributed by atoms with E-state index in [4.69, 9.17) is 9.47 Å². The zero-order valence-corrected chi connectivity index (χ0v) is 14.8. The number of para-hydroxylation sites is 1. The first kappa shape index (κ1) is 17.7. The Kier molecular flexibility index (Phi) is 5.66. The smallest absolute Gasteiger partial charge is 0.270 e. The summed E-state index contributed by atoms with van der Waals surface area (Å²) in [6, 6.07) is 19.0. The molecule has 0 unspecified atom stereocenters. The van der Waals surface area contributed by atoms with E-state index in [0.717, 1.165) is 17.0 Å². The second kappa shape index (κ2) is 8.31. The maximum atomic E-state index is 12.6. The summed E-state index contributed by atoms with van der Waals surface area (Å²) in [6.07, 6.45) is 0. The van der Waals surface area contributed by atoms with Crippen LogP contribution in [0, 0.1) is 0 Å². The van der Waals surface area contributed by atoms with Crippen molar-refractivity contribution in [2.24, 2.45) is 0 Å². The number of rotatable bonds is 7. The number of carbonyl (C=O) groups excluding carboxylic acids is 1. The molecule has 0 saturated carbocycles. The molecule has 1 heterocycles. The minimum atomic E-state index is -0.201. The molecule has 134 valence electrons. The molecule has 0 bridgehead atoms. The van der Waals surface area contributed by atoms with Crippen molar-refractivity contribution in [2.45, 2.75) is 0 Å². The Morgan fingerprint density at radius 2 is 1.88 bits per heavy atom. The number of amides is 1. The van der Waals surface area contributed by atoms with E-state index < -0.39 is 0 Å². The van der Waals surface area contributed by atoms with Crippen molar-refractivity contribution >= 4 is 5.91 Å². The molecule has 1 aromatic heterocycles. The number of hydrogen-bond donors (Lipinski definition) is 1. The van der Waals surface area contributed by atoms with Crippen LogP contribution in [0.4, 0.5) is 0 Å². The van der Waals surface area contributed by atoms with Gasteiger partial charge in [-0.25, -0.2) is 4.68 Å². The SMILES string of the molecule is COCCNC(=O)c1cc(-c2cccc(OC)c2)nn1-c1ccccc1. The summed E-state index contributed by atoms with van der Waals surface area (Å²) in [7, 11) is 3.22. The number of benzene rings is 2. The van der Waals surface area contributed by atoms with Gasteiger partial charge in [-0.1, -0.05) is 30.3 Å². The lowest BCUT2D eigenvalue weighted by molar-refractivity contribution is 0.0929. The van der Waals surface area contributed by atoms with Gasteiger partial charge in [-0.2, -0.15) is 5.10 Å². The lowest BCUT2D eigenvalue weighted by atomic mass is 10.1. The first-order valence-corrected chi connectivity index (χ1v) is 8.30. The van der Waals surface area contributed by atoms with E-state index in [2.05, 4.69) is 10.4 Å². The zero-order valence-electron chi connectivity index (χ0n) is 14.8. The number of aromatic nitrogens is 2. The van der Waals surface area contributed by atoms with E-state index >= 15 is 0 Å². The Morgan fingerprint density at radius 1 is 1.08 bits per heavy atom. The highest BCUT2D eigenvalue weighted by Gasteiger charge is 2.17. The highest BCUT2D eigenvalue weighted by atomic mass is 16.5. The lowest BCUT2D eigenvalue weighted by Crippen LogP contribution is -2.28. The van der Waals surface area contributed by atoms with Crippen molar-refractivity contribution in [3.8, 4) is 22.7 Å². The molecule has 0 aliphatic carbocycles. The summed E-state index contributed by atoms with van der Waals surface area (Å²) >= 11 is 0. The van der Waals surface area contributed by atoms with Crippen LogP contribution in [-0.4, -0.2) is 43.1 Å². The van der Waals surface area contributed by atoms with Crippen molar-refractivity contribution in [2.75, 3.05) is 27.4 Å². The maximum absolute atomic E-state index is 12.6. The van der Waals surface area contributed by atoms with Crippen LogP contribution in [0.15, 0.2) is 60.7 Å². The van der Waals surface area contributed by atoms with Crippen molar-refractivity contribution in [1.29, 1.82) is 0 Å². The van der Waals surface area contributed by atoms with Gasteiger partial charge in [0.05, 0.1) is 25.1 Å². The van der Waals surface area contributed by atoms with Gasteiger partial charge in [-0.15, -0.1) is 0 Å². The van der Waals surface area contributed by atoms with Gasteiger partial charge in [-0.05, 0) is 30.3 Å². The summed E-state index contributed by atoms with van der Waals surface area (Å²) in [5, 5.41) is 7.49. The molecule has 0 atom stereocenters. The van der Waals surface area contributed by atoms with Crippen LogP contribution in [0.3, 0.4) is 0 Å². The Morgan fingerprint density at radius 3 is 2.62 bits per heavy atom. The highest BCUT2D eigenvalue weighted by molar-refractivity contribution is 5.94. The predicted octanol–water partition coefficient (Wildman–Crippen LogP) is 2.92. The molecule has 3 rings (SSSR count). The zero-order chi connectivity index (χ0) is 18.4. The van der Waals surface area contributed by atoms with E-state index in [1.807, 2.05) is 54.6 Å². The van der Waals surface area contributed by atoms with Gasteiger partial charge in [0.15, 0.2) is 0 Å². The normalized spacial score (nSPS) is 10.5. The molecule has 2 aromatic carbocycles. The molecular formula is C20H21N3O3. The van der Waals surface area contributed by atoms with E-state index in [-0.39, 0.29) is 5.91 Å². The Hall–Kier alpha value is -3.12. The van der Waals surface area contributed by atoms with Crippen molar-refractivity contribution < 1.29 is 14.3 Å². The van der Waals surface area contributed by atoms with Crippen LogP contribution in [0.2, 0.25) is 0 Å². The van der Waals surface area contributed by atoms with E-state index in [1.54, 1.807) is 25.0 Å². The number of methoxy groups -OCH3 is 2. The molecule has 0 spiro atoms. The average molecular weight is 351 g/mol. The van der Waals surface area contributed by atoms with E-state index in [0.29, 0.717) is 24.5 Å². The monoisotopic (exact) mass is 351 g/mol. The van der Waals surface area contributed by atoms with Crippen LogP contribution in [-0.2, 0) is 4.74 Å². The molecule has 0 aliphatic heterocycles. The van der Waals surface area contributed by atoms with Crippen molar-refractivity contribution in [1.82, 2.24) is 15.1 Å². The van der Waals surface area contributed by atoms with Gasteiger partial charge >= 0.3 is 0 Å². The molecule has 6 heteroatoms. The standard InChI is InChI=1S/C20H21N3O3/c1-25-12-11-21-20(24)19-14-18(15-7-6-10-17(13-15)26-2)22-23(19)16-8-4-3-5-9-16/h3-10,13-14H,11-12H2,1-2H3,(H,21,24). The molecule has 26 heavy (non-hydrogen) atoms. The van der Waals surface area contributed by atoms with E-state index in [1.165, 1.54) is 0 Å². The topological polar surface area (TPSA) is 65.4 Å². The molecule has 1 N–H and O–H groups in total. The van der Waals surface area contributed by atoms with Crippen LogP contribution < -0.4 is 10.1 Å². The van der Waals surface area contributed by atoms with Gasteiger partial charge in [0.2, 0.25) is 0 Å². The number of carbonyl (C=O) groups is 1. The van der Waals surface area contributed by atoms with Gasteiger partial charge in [0.25, 0.3) is 5.91 Å². The third kappa shape index (κ3) is 3.92. The number of ether oxygens (including phenoxy) is 2. The highest BCUT2D eigenvalue weighted by Crippen LogP contribution is 2.25. The maximum Gasteiger partial charge on any atom is 0.270 e. The largest absolute Gasteiger partial charge is 0.497 e. The van der Waals surface area contributed by atoms with Crippen molar-refractivity contribution in [3.63, 3.8) is 0 Å². The van der Waals surface area contributed by atoms with Crippen LogP contribution in [0.25, 0.3) is 16.9 Å². The summed E-state index contributed by atoms with van der Waals surface area (Å²) in [5.41, 5.74) is 2.86. The fourth-order valence-corrected chi connectivity index (χ4v) is 2.59. The minimum absolute atomic E-state index is 0.201. The molecule has 0 saturated heterocycles. The molecule has 0 aliphatic rings. The number of hydrogen-bond acceptors (Lipinski definition) is 4. The Bertz CT molecular complexity index is 875. The fourth-order valence-electron chi connectivity index (χ4n) is 2.59. The number of nitrogens with zero attached hydrogens (tertiary/aromatic N) is 2. The summed E-state index contributed by atoms with van der Waals surface area (Å²) < 4.78 is 11.9. The quantitative estimate of drug-likeness (QED) is 0.665. The average Bonchev–Trinajstić information content (AvgIpc) is 3.14. The molecule has 0 fully saturated rings. The third-order valence-electron chi connectivity index (χ3n) is 3.90. The Labute approximate surface area is 152 Å². The molecule has 3 aromatic rings. The third-order valence-corrected chi connectivity index (χ3v) is 3.90. The van der Waals surface area contributed by atoms with Gasteiger partial charge in [0, 0.05) is 19.2 Å². The van der Waals surface area contributed by atoms with Crippen LogP contribution in [0.1, 0.15) is 10.5 Å². The van der Waals surface area contributed by atoms with E-state index in [9.17, 15) is 4.79 Å². The van der Waals surface area contributed by atoms with Gasteiger partial charge in [0.1, 0.15) is 11.4 Å². The summed E-state index contributed by atoms with van der Waals surface area (Å²) in [4.78, 5) is 12.6. The first-order chi connectivity index (χ1) is 12.7. The van der Waals surface area contributed by atoms with Gasteiger partial charge < -0.3 is 14.8 Å². The molecule has 0 radical (unpaired) electrons. The Balaban J connectivity index is 2.01. The molecule has 6 nitrogen and oxygen atoms in total. The van der Waals surface area contributed by atoms with Crippen LogP contribution >= 0.6 is 0 Å². The second-order valence-electron chi connectivity index (χ2n) is 5.64. The van der Waals surface area contributed by atoms with Crippen molar-refractivity contribution in [3.05, 3.63) is 66.4 Å². The number of nitrogens with one attached hydrogen (secondary N) is 1. The predicted molar refractivity (Wildman–Crippen MR) is 99.8 cm³/mol. The van der Waals surface area contributed by atoms with Gasteiger partial charge in [-0.3, -0.25) is 4.79 Å².